The van der Waals surface area contributed by atoms with Crippen molar-refractivity contribution in [3.63, 3.8) is 0 Å². The van der Waals surface area contributed by atoms with Crippen LogP contribution in [0.25, 0.3) is 11.4 Å². The zero-order valence-corrected chi connectivity index (χ0v) is 9.27. The molecule has 3 rings (SSSR count). The van der Waals surface area contributed by atoms with Gasteiger partial charge in [0.25, 0.3) is 0 Å². The van der Waals surface area contributed by atoms with E-state index >= 15 is 0 Å². The molecule has 82 valence electrons. The lowest BCUT2D eigenvalue weighted by molar-refractivity contribution is 0.508. The van der Waals surface area contributed by atoms with Crippen LogP contribution in [-0.4, -0.2) is 21.3 Å². The summed E-state index contributed by atoms with van der Waals surface area (Å²) in [5, 5.41) is 11.8. The lowest BCUT2D eigenvalue weighted by Gasteiger charge is -2.16. The molecule has 4 nitrogen and oxygen atoms in total. The zero-order valence-electron chi connectivity index (χ0n) is 9.27. The van der Waals surface area contributed by atoms with Gasteiger partial charge in [0.05, 0.1) is 6.54 Å². The van der Waals surface area contributed by atoms with Crippen molar-refractivity contribution in [2.45, 2.75) is 20.0 Å². The van der Waals surface area contributed by atoms with Crippen molar-refractivity contribution >= 4 is 0 Å². The molecular formula is C12H14N4. The Morgan fingerprint density at radius 3 is 3.12 bits per heavy atom. The first-order chi connectivity index (χ1) is 7.84. The minimum Gasteiger partial charge on any atom is -0.309 e. The van der Waals surface area contributed by atoms with Crippen LogP contribution in [0.3, 0.4) is 0 Å². The van der Waals surface area contributed by atoms with Gasteiger partial charge in [0, 0.05) is 18.7 Å². The van der Waals surface area contributed by atoms with Gasteiger partial charge < -0.3 is 9.88 Å². The fourth-order valence-corrected chi connectivity index (χ4v) is 2.09. The van der Waals surface area contributed by atoms with Crippen LogP contribution in [0.4, 0.5) is 0 Å². The SMILES string of the molecule is Cc1cccc(-c2nnc3n2CCNC3)c1. The van der Waals surface area contributed by atoms with Crippen LogP contribution in [0.15, 0.2) is 24.3 Å². The highest BCUT2D eigenvalue weighted by molar-refractivity contribution is 5.56. The molecule has 0 unspecified atom stereocenters. The number of fused-ring (bicyclic) bond motifs is 1. The Morgan fingerprint density at radius 2 is 2.25 bits per heavy atom. The van der Waals surface area contributed by atoms with Crippen molar-refractivity contribution in [2.75, 3.05) is 6.54 Å². The predicted octanol–water partition coefficient (Wildman–Crippen LogP) is 1.36. The summed E-state index contributed by atoms with van der Waals surface area (Å²) in [6.45, 7) is 4.85. The predicted molar refractivity (Wildman–Crippen MR) is 61.9 cm³/mol. The van der Waals surface area contributed by atoms with Gasteiger partial charge in [0.15, 0.2) is 5.82 Å². The van der Waals surface area contributed by atoms with E-state index in [2.05, 4.69) is 51.3 Å². The number of hydrogen-bond donors (Lipinski definition) is 1. The largest absolute Gasteiger partial charge is 0.309 e. The maximum atomic E-state index is 4.28. The van der Waals surface area contributed by atoms with Gasteiger partial charge in [-0.2, -0.15) is 0 Å². The lowest BCUT2D eigenvalue weighted by atomic mass is 10.1. The monoisotopic (exact) mass is 214 g/mol. The summed E-state index contributed by atoms with van der Waals surface area (Å²) in [4.78, 5) is 0. The number of hydrogen-bond acceptors (Lipinski definition) is 3. The van der Waals surface area contributed by atoms with E-state index in [-0.39, 0.29) is 0 Å². The molecule has 0 fully saturated rings. The second kappa shape index (κ2) is 3.72. The van der Waals surface area contributed by atoms with Crippen LogP contribution in [0.1, 0.15) is 11.4 Å². The van der Waals surface area contributed by atoms with Gasteiger partial charge in [-0.1, -0.05) is 23.8 Å². The highest BCUT2D eigenvalue weighted by atomic mass is 15.3. The molecule has 1 N–H and O–H groups in total. The van der Waals surface area contributed by atoms with Crippen LogP contribution in [-0.2, 0) is 13.1 Å². The molecule has 0 radical (unpaired) electrons. The van der Waals surface area contributed by atoms with Gasteiger partial charge in [-0.05, 0) is 13.0 Å². The van der Waals surface area contributed by atoms with Gasteiger partial charge in [0.1, 0.15) is 5.82 Å². The van der Waals surface area contributed by atoms with E-state index in [4.69, 9.17) is 0 Å². The van der Waals surface area contributed by atoms with E-state index in [1.165, 1.54) is 5.56 Å². The van der Waals surface area contributed by atoms with Gasteiger partial charge in [-0.15, -0.1) is 10.2 Å². The van der Waals surface area contributed by atoms with E-state index in [0.29, 0.717) is 0 Å². The normalized spacial score (nSPS) is 14.8. The summed E-state index contributed by atoms with van der Waals surface area (Å²) in [7, 11) is 0. The minimum absolute atomic E-state index is 0.818. The Labute approximate surface area is 94.3 Å². The number of aryl methyl sites for hydroxylation is 1. The molecule has 1 aliphatic heterocycles. The Bertz CT molecular complexity index is 515. The third-order valence-corrected chi connectivity index (χ3v) is 2.90. The van der Waals surface area contributed by atoms with Crippen molar-refractivity contribution in [3.8, 4) is 11.4 Å². The summed E-state index contributed by atoms with van der Waals surface area (Å²) in [5.74, 6) is 2.02. The zero-order chi connectivity index (χ0) is 11.0. The van der Waals surface area contributed by atoms with Crippen molar-refractivity contribution in [1.82, 2.24) is 20.1 Å². The number of nitrogens with one attached hydrogen (secondary N) is 1. The summed E-state index contributed by atoms with van der Waals surface area (Å²) in [6.07, 6.45) is 0. The highest BCUT2D eigenvalue weighted by Crippen LogP contribution is 2.20. The average Bonchev–Trinajstić information content (AvgIpc) is 2.72. The van der Waals surface area contributed by atoms with Crippen LogP contribution < -0.4 is 5.32 Å². The standard InChI is InChI=1S/C12H14N4/c1-9-3-2-4-10(7-9)12-15-14-11-8-13-5-6-16(11)12/h2-4,7,13H,5-6,8H2,1H3. The van der Waals surface area contributed by atoms with E-state index in [1.807, 2.05) is 0 Å². The number of rotatable bonds is 1. The maximum absolute atomic E-state index is 4.28. The Hall–Kier alpha value is -1.68. The third kappa shape index (κ3) is 1.51. The molecule has 0 aliphatic carbocycles. The first-order valence-electron chi connectivity index (χ1n) is 5.54. The number of nitrogens with zero attached hydrogens (tertiary/aromatic N) is 3. The molecular weight excluding hydrogens is 200 g/mol. The fourth-order valence-electron chi connectivity index (χ4n) is 2.09. The van der Waals surface area contributed by atoms with E-state index in [0.717, 1.165) is 36.8 Å². The van der Waals surface area contributed by atoms with Crippen molar-refractivity contribution < 1.29 is 0 Å². The summed E-state index contributed by atoms with van der Waals surface area (Å²) < 4.78 is 2.20. The van der Waals surface area contributed by atoms with E-state index < -0.39 is 0 Å². The molecule has 0 bridgehead atoms. The summed E-state index contributed by atoms with van der Waals surface area (Å²) in [6, 6.07) is 8.40. The number of aromatic nitrogens is 3. The maximum Gasteiger partial charge on any atom is 0.164 e. The molecule has 1 aliphatic rings. The third-order valence-electron chi connectivity index (χ3n) is 2.90. The lowest BCUT2D eigenvalue weighted by Crippen LogP contribution is -2.28. The quantitative estimate of drug-likeness (QED) is 0.779. The van der Waals surface area contributed by atoms with E-state index in [9.17, 15) is 0 Å². The molecule has 0 saturated heterocycles. The minimum atomic E-state index is 0.818. The fraction of sp³-hybridized carbons (Fsp3) is 0.333. The summed E-state index contributed by atoms with van der Waals surface area (Å²) >= 11 is 0. The molecule has 16 heavy (non-hydrogen) atoms. The molecule has 2 heterocycles. The molecule has 0 spiro atoms. The first-order valence-corrected chi connectivity index (χ1v) is 5.54. The summed E-state index contributed by atoms with van der Waals surface area (Å²) in [5.41, 5.74) is 2.41. The van der Waals surface area contributed by atoms with Crippen LogP contribution >= 0.6 is 0 Å². The molecule has 1 aromatic carbocycles. The highest BCUT2D eigenvalue weighted by Gasteiger charge is 2.16. The van der Waals surface area contributed by atoms with Crippen LogP contribution in [0.2, 0.25) is 0 Å². The first kappa shape index (κ1) is 9.54. The Kier molecular flexibility index (Phi) is 2.22. The molecule has 0 saturated carbocycles. The van der Waals surface area contributed by atoms with Gasteiger partial charge in [0.2, 0.25) is 0 Å². The van der Waals surface area contributed by atoms with Crippen molar-refractivity contribution in [1.29, 1.82) is 0 Å². The average molecular weight is 214 g/mol. The van der Waals surface area contributed by atoms with E-state index in [1.54, 1.807) is 0 Å². The second-order valence-corrected chi connectivity index (χ2v) is 4.14. The van der Waals surface area contributed by atoms with Crippen LogP contribution in [0.5, 0.6) is 0 Å². The molecule has 1 aromatic heterocycles. The molecule has 0 atom stereocenters. The smallest absolute Gasteiger partial charge is 0.164 e. The van der Waals surface area contributed by atoms with Crippen LogP contribution in [0, 0.1) is 6.92 Å². The van der Waals surface area contributed by atoms with Gasteiger partial charge >= 0.3 is 0 Å². The number of benzene rings is 1. The Balaban J connectivity index is 2.09. The topological polar surface area (TPSA) is 42.7 Å². The Morgan fingerprint density at radius 1 is 1.31 bits per heavy atom. The molecule has 4 heteroatoms. The second-order valence-electron chi connectivity index (χ2n) is 4.14. The van der Waals surface area contributed by atoms with Crippen molar-refractivity contribution in [2.24, 2.45) is 0 Å². The molecule has 2 aromatic rings. The molecule has 0 amide bonds. The van der Waals surface area contributed by atoms with Crippen molar-refractivity contribution in [3.05, 3.63) is 35.7 Å². The van der Waals surface area contributed by atoms with Gasteiger partial charge in [-0.25, -0.2) is 0 Å². The van der Waals surface area contributed by atoms with Gasteiger partial charge in [-0.3, -0.25) is 0 Å².